The molecule has 1 aromatic heterocycles. The Labute approximate surface area is 117 Å². The molecule has 0 saturated heterocycles. The molecule has 20 heavy (non-hydrogen) atoms. The zero-order valence-corrected chi connectivity index (χ0v) is 11.7. The zero-order chi connectivity index (χ0) is 14.8. The van der Waals surface area contributed by atoms with Gasteiger partial charge in [0, 0.05) is 5.39 Å². The van der Waals surface area contributed by atoms with Gasteiger partial charge in [-0.05, 0) is 26.0 Å². The summed E-state index contributed by atoms with van der Waals surface area (Å²) in [6.45, 7) is 3.41. The van der Waals surface area contributed by atoms with E-state index in [1.165, 1.54) is 0 Å². The van der Waals surface area contributed by atoms with Crippen molar-refractivity contribution in [3.63, 3.8) is 0 Å². The van der Waals surface area contributed by atoms with Crippen molar-refractivity contribution in [1.29, 1.82) is 0 Å². The predicted octanol–water partition coefficient (Wildman–Crippen LogP) is 1.25. The number of nitrogens with zero attached hydrogens (tertiary/aromatic N) is 1. The van der Waals surface area contributed by atoms with E-state index in [9.17, 15) is 4.79 Å². The van der Waals surface area contributed by atoms with Gasteiger partial charge in [0.1, 0.15) is 0 Å². The number of amides is 1. The SMILES string of the molecule is CC(C)(CO)NC(=O)Cc1ccc2cccc(N)c2n1. The standard InChI is InChI=1S/C15H19N3O2/c1-15(2,9-19)18-13(20)8-11-7-6-10-4-3-5-12(16)14(10)17-11/h3-7,19H,8-9,16H2,1-2H3,(H,18,20). The molecule has 4 N–H and O–H groups in total. The minimum Gasteiger partial charge on any atom is -0.397 e. The number of aromatic nitrogens is 1. The molecule has 0 bridgehead atoms. The highest BCUT2D eigenvalue weighted by atomic mass is 16.3. The van der Waals surface area contributed by atoms with Gasteiger partial charge in [-0.15, -0.1) is 0 Å². The number of rotatable bonds is 4. The molecular formula is C15H19N3O2. The van der Waals surface area contributed by atoms with Gasteiger partial charge in [0.25, 0.3) is 0 Å². The number of nitrogens with two attached hydrogens (primary N) is 1. The molecule has 0 saturated carbocycles. The summed E-state index contributed by atoms with van der Waals surface area (Å²) in [6, 6.07) is 9.30. The topological polar surface area (TPSA) is 88.2 Å². The quantitative estimate of drug-likeness (QED) is 0.731. The summed E-state index contributed by atoms with van der Waals surface area (Å²) in [5.74, 6) is -0.176. The first-order chi connectivity index (χ1) is 9.41. The van der Waals surface area contributed by atoms with Crippen molar-refractivity contribution in [3.8, 4) is 0 Å². The van der Waals surface area contributed by atoms with Crippen molar-refractivity contribution in [2.45, 2.75) is 25.8 Å². The lowest BCUT2D eigenvalue weighted by Gasteiger charge is -2.23. The molecule has 0 aliphatic heterocycles. The van der Waals surface area contributed by atoms with Crippen LogP contribution in [0, 0.1) is 0 Å². The number of para-hydroxylation sites is 1. The minimum absolute atomic E-state index is 0.114. The van der Waals surface area contributed by atoms with E-state index in [1.807, 2.05) is 24.3 Å². The monoisotopic (exact) mass is 273 g/mol. The first-order valence-electron chi connectivity index (χ1n) is 6.47. The molecule has 0 radical (unpaired) electrons. The third-order valence-electron chi connectivity index (χ3n) is 3.02. The molecule has 2 aromatic rings. The molecule has 1 aromatic carbocycles. The lowest BCUT2D eigenvalue weighted by atomic mass is 10.1. The number of anilines is 1. The third-order valence-corrected chi connectivity index (χ3v) is 3.02. The second kappa shape index (κ2) is 5.46. The van der Waals surface area contributed by atoms with E-state index in [-0.39, 0.29) is 18.9 Å². The van der Waals surface area contributed by atoms with Crippen molar-refractivity contribution in [2.24, 2.45) is 0 Å². The van der Waals surface area contributed by atoms with E-state index >= 15 is 0 Å². The van der Waals surface area contributed by atoms with Gasteiger partial charge in [-0.3, -0.25) is 9.78 Å². The molecular weight excluding hydrogens is 254 g/mol. The average molecular weight is 273 g/mol. The lowest BCUT2D eigenvalue weighted by Crippen LogP contribution is -2.46. The van der Waals surface area contributed by atoms with Crippen LogP contribution in [0.15, 0.2) is 30.3 Å². The van der Waals surface area contributed by atoms with Crippen LogP contribution in [-0.2, 0) is 11.2 Å². The van der Waals surface area contributed by atoms with Crippen LogP contribution in [0.4, 0.5) is 5.69 Å². The molecule has 1 heterocycles. The Morgan fingerprint density at radius 3 is 2.80 bits per heavy atom. The maximum atomic E-state index is 11.9. The Balaban J connectivity index is 2.18. The maximum Gasteiger partial charge on any atom is 0.226 e. The van der Waals surface area contributed by atoms with Gasteiger partial charge in [0.05, 0.1) is 35.5 Å². The van der Waals surface area contributed by atoms with Gasteiger partial charge >= 0.3 is 0 Å². The zero-order valence-electron chi connectivity index (χ0n) is 11.7. The predicted molar refractivity (Wildman–Crippen MR) is 79.2 cm³/mol. The van der Waals surface area contributed by atoms with E-state index in [0.29, 0.717) is 16.9 Å². The highest BCUT2D eigenvalue weighted by Gasteiger charge is 2.19. The van der Waals surface area contributed by atoms with E-state index in [4.69, 9.17) is 10.8 Å². The fourth-order valence-electron chi connectivity index (χ4n) is 1.93. The summed E-state index contributed by atoms with van der Waals surface area (Å²) in [6.07, 6.45) is 0.160. The number of carbonyl (C=O) groups excluding carboxylic acids is 1. The Morgan fingerprint density at radius 1 is 1.35 bits per heavy atom. The number of carbonyl (C=O) groups is 1. The fraction of sp³-hybridized carbons (Fsp3) is 0.333. The van der Waals surface area contributed by atoms with Crippen LogP contribution in [0.3, 0.4) is 0 Å². The van der Waals surface area contributed by atoms with Crippen molar-refractivity contribution in [1.82, 2.24) is 10.3 Å². The smallest absolute Gasteiger partial charge is 0.226 e. The second-order valence-corrected chi connectivity index (χ2v) is 5.49. The Morgan fingerprint density at radius 2 is 2.10 bits per heavy atom. The van der Waals surface area contributed by atoms with Crippen LogP contribution in [0.25, 0.3) is 10.9 Å². The number of hydrogen-bond acceptors (Lipinski definition) is 4. The number of aliphatic hydroxyl groups is 1. The maximum absolute atomic E-state index is 11.9. The molecule has 1 amide bonds. The van der Waals surface area contributed by atoms with Gasteiger partial charge < -0.3 is 16.2 Å². The summed E-state index contributed by atoms with van der Waals surface area (Å²) in [5.41, 5.74) is 7.21. The number of hydrogen-bond donors (Lipinski definition) is 3. The van der Waals surface area contributed by atoms with Gasteiger partial charge in [0.2, 0.25) is 5.91 Å². The Bertz CT molecular complexity index is 638. The third kappa shape index (κ3) is 3.24. The van der Waals surface area contributed by atoms with Crippen molar-refractivity contribution in [2.75, 3.05) is 12.3 Å². The number of aliphatic hydroxyl groups excluding tert-OH is 1. The molecule has 106 valence electrons. The highest BCUT2D eigenvalue weighted by Crippen LogP contribution is 2.19. The molecule has 2 rings (SSSR count). The van der Waals surface area contributed by atoms with Crippen LogP contribution in [-0.4, -0.2) is 28.1 Å². The first-order valence-corrected chi connectivity index (χ1v) is 6.47. The molecule has 5 nitrogen and oxygen atoms in total. The summed E-state index contributed by atoms with van der Waals surface area (Å²) in [5, 5.41) is 12.8. The van der Waals surface area contributed by atoms with Crippen molar-refractivity contribution in [3.05, 3.63) is 36.0 Å². The van der Waals surface area contributed by atoms with Gasteiger partial charge in [-0.25, -0.2) is 0 Å². The molecule has 5 heteroatoms. The van der Waals surface area contributed by atoms with Crippen molar-refractivity contribution < 1.29 is 9.90 Å². The lowest BCUT2D eigenvalue weighted by molar-refractivity contribution is -0.122. The van der Waals surface area contributed by atoms with Crippen LogP contribution in [0.2, 0.25) is 0 Å². The highest BCUT2D eigenvalue weighted by molar-refractivity contribution is 5.89. The van der Waals surface area contributed by atoms with Crippen molar-refractivity contribution >= 4 is 22.5 Å². The van der Waals surface area contributed by atoms with Gasteiger partial charge in [-0.2, -0.15) is 0 Å². The number of nitrogens with one attached hydrogen (secondary N) is 1. The Hall–Kier alpha value is -2.14. The Kier molecular flexibility index (Phi) is 3.90. The van der Waals surface area contributed by atoms with Gasteiger partial charge in [0.15, 0.2) is 0 Å². The van der Waals surface area contributed by atoms with Crippen LogP contribution in [0.5, 0.6) is 0 Å². The van der Waals surface area contributed by atoms with Gasteiger partial charge in [-0.1, -0.05) is 18.2 Å². The normalized spacial score (nSPS) is 11.6. The van der Waals surface area contributed by atoms with Crippen LogP contribution >= 0.6 is 0 Å². The molecule has 0 fully saturated rings. The molecule has 0 spiro atoms. The van der Waals surface area contributed by atoms with E-state index < -0.39 is 5.54 Å². The minimum atomic E-state index is -0.632. The molecule has 0 aliphatic carbocycles. The average Bonchev–Trinajstić information content (AvgIpc) is 2.39. The first kappa shape index (κ1) is 14.3. The van der Waals surface area contributed by atoms with E-state index in [2.05, 4.69) is 10.3 Å². The number of benzene rings is 1. The molecule has 0 atom stereocenters. The summed E-state index contributed by atoms with van der Waals surface area (Å²) in [7, 11) is 0. The molecule has 0 aliphatic rings. The largest absolute Gasteiger partial charge is 0.397 e. The number of nitrogen functional groups attached to an aromatic ring is 1. The van der Waals surface area contributed by atoms with E-state index in [0.717, 1.165) is 5.39 Å². The number of pyridine rings is 1. The van der Waals surface area contributed by atoms with Crippen LogP contribution in [0.1, 0.15) is 19.5 Å². The fourth-order valence-corrected chi connectivity index (χ4v) is 1.93. The summed E-state index contributed by atoms with van der Waals surface area (Å²) in [4.78, 5) is 16.3. The summed E-state index contributed by atoms with van der Waals surface area (Å²) >= 11 is 0. The summed E-state index contributed by atoms with van der Waals surface area (Å²) < 4.78 is 0. The number of fused-ring (bicyclic) bond motifs is 1. The second-order valence-electron chi connectivity index (χ2n) is 5.49. The van der Waals surface area contributed by atoms with E-state index in [1.54, 1.807) is 19.9 Å². The van der Waals surface area contributed by atoms with Crippen LogP contribution < -0.4 is 11.1 Å². The molecule has 0 unspecified atom stereocenters.